The van der Waals surface area contributed by atoms with Gasteiger partial charge < -0.3 is 20.7 Å². The molecule has 1 aromatic rings. The van der Waals surface area contributed by atoms with Crippen LogP contribution in [0.25, 0.3) is 0 Å². The van der Waals surface area contributed by atoms with Crippen molar-refractivity contribution >= 4 is 12.0 Å². The topological polar surface area (TPSA) is 84.7 Å². The molecule has 0 aliphatic carbocycles. The average Bonchev–Trinajstić information content (AvgIpc) is 3.00. The van der Waals surface area contributed by atoms with Crippen molar-refractivity contribution in [3.05, 3.63) is 35.9 Å². The van der Waals surface area contributed by atoms with Crippen LogP contribution in [-0.4, -0.2) is 43.1 Å². The highest BCUT2D eigenvalue weighted by Crippen LogP contribution is 2.15. The van der Waals surface area contributed by atoms with Gasteiger partial charge in [0.15, 0.2) is 0 Å². The molecule has 0 aromatic heterocycles. The van der Waals surface area contributed by atoms with Crippen molar-refractivity contribution in [1.82, 2.24) is 10.2 Å². The lowest BCUT2D eigenvalue weighted by molar-refractivity contribution is -0.128. The summed E-state index contributed by atoms with van der Waals surface area (Å²) in [5.74, 6) is 0.230. The minimum absolute atomic E-state index is 0.0378. The Kier molecular flexibility index (Phi) is 5.57. The first-order chi connectivity index (χ1) is 10.2. The first kappa shape index (κ1) is 15.3. The number of amides is 2. The van der Waals surface area contributed by atoms with Crippen LogP contribution in [0.4, 0.5) is 4.79 Å². The van der Waals surface area contributed by atoms with E-state index in [0.29, 0.717) is 19.6 Å². The fourth-order valence-corrected chi connectivity index (χ4v) is 2.36. The number of ether oxygens (including phenoxy) is 1. The smallest absolute Gasteiger partial charge is 0.407 e. The summed E-state index contributed by atoms with van der Waals surface area (Å²) < 4.78 is 5.13. The molecule has 2 rings (SSSR count). The molecule has 0 spiro atoms. The Bertz CT molecular complexity index is 478. The third-order valence-corrected chi connectivity index (χ3v) is 3.56. The number of hydrogen-bond acceptors (Lipinski definition) is 4. The third kappa shape index (κ3) is 4.75. The van der Waals surface area contributed by atoms with Crippen molar-refractivity contribution in [1.29, 1.82) is 0 Å². The Morgan fingerprint density at radius 3 is 2.81 bits per heavy atom. The molecule has 1 aromatic carbocycles. The number of hydrogen-bond donors (Lipinski definition) is 2. The van der Waals surface area contributed by atoms with Crippen molar-refractivity contribution < 1.29 is 14.3 Å². The average molecular weight is 291 g/mol. The minimum atomic E-state index is -0.428. The molecule has 1 atom stereocenters. The Hall–Kier alpha value is -2.08. The zero-order valence-electron chi connectivity index (χ0n) is 12.0. The van der Waals surface area contributed by atoms with E-state index in [1.807, 2.05) is 30.3 Å². The predicted octanol–water partition coefficient (Wildman–Crippen LogP) is 0.720. The van der Waals surface area contributed by atoms with Gasteiger partial charge in [-0.2, -0.15) is 0 Å². The maximum Gasteiger partial charge on any atom is 0.407 e. The molecule has 1 heterocycles. The Morgan fingerprint density at radius 2 is 2.10 bits per heavy atom. The maximum atomic E-state index is 11.6. The van der Waals surface area contributed by atoms with Crippen LogP contribution in [0, 0.1) is 5.92 Å². The zero-order chi connectivity index (χ0) is 15.1. The number of carbonyl (C=O) groups is 2. The molecule has 1 unspecified atom stereocenters. The van der Waals surface area contributed by atoms with Gasteiger partial charge >= 0.3 is 6.09 Å². The van der Waals surface area contributed by atoms with Gasteiger partial charge in [-0.25, -0.2) is 4.79 Å². The lowest BCUT2D eigenvalue weighted by atomic mass is 10.1. The molecule has 114 valence electrons. The largest absolute Gasteiger partial charge is 0.445 e. The second-order valence-corrected chi connectivity index (χ2v) is 5.14. The van der Waals surface area contributed by atoms with Crippen molar-refractivity contribution in [2.45, 2.75) is 13.0 Å². The molecule has 0 radical (unpaired) electrons. The number of nitrogens with two attached hydrogens (primary N) is 1. The summed E-state index contributed by atoms with van der Waals surface area (Å²) in [7, 11) is 0. The van der Waals surface area contributed by atoms with E-state index in [1.165, 1.54) is 0 Å². The van der Waals surface area contributed by atoms with Crippen molar-refractivity contribution in [2.75, 3.05) is 26.2 Å². The molecular formula is C15H21N3O3. The molecule has 21 heavy (non-hydrogen) atoms. The van der Waals surface area contributed by atoms with E-state index in [2.05, 4.69) is 5.32 Å². The Labute approximate surface area is 124 Å². The zero-order valence-corrected chi connectivity index (χ0v) is 12.0. The quantitative estimate of drug-likeness (QED) is 0.837. The molecular weight excluding hydrogens is 270 g/mol. The Balaban J connectivity index is 1.65. The molecule has 1 aliphatic heterocycles. The van der Waals surface area contributed by atoms with Crippen molar-refractivity contribution in [3.63, 3.8) is 0 Å². The standard InChI is InChI=1S/C15H21N3O3/c16-8-14(19)18-7-6-13(10-18)9-17-15(20)21-11-12-4-2-1-3-5-12/h1-5,13H,6-11,16H2,(H,17,20). The van der Waals surface area contributed by atoms with Gasteiger partial charge in [-0.3, -0.25) is 4.79 Å². The van der Waals surface area contributed by atoms with Crippen LogP contribution in [0.3, 0.4) is 0 Å². The van der Waals surface area contributed by atoms with Gasteiger partial charge in [0.25, 0.3) is 0 Å². The summed E-state index contributed by atoms with van der Waals surface area (Å²) in [6.45, 7) is 2.17. The molecule has 0 bridgehead atoms. The van der Waals surface area contributed by atoms with Gasteiger partial charge in [-0.05, 0) is 17.9 Å². The van der Waals surface area contributed by atoms with Crippen LogP contribution in [0.5, 0.6) is 0 Å². The summed E-state index contributed by atoms with van der Waals surface area (Å²) in [6.07, 6.45) is 0.451. The van der Waals surface area contributed by atoms with Crippen LogP contribution in [0.15, 0.2) is 30.3 Å². The Morgan fingerprint density at radius 1 is 1.33 bits per heavy atom. The first-order valence-electron chi connectivity index (χ1n) is 7.11. The minimum Gasteiger partial charge on any atom is -0.445 e. The lowest BCUT2D eigenvalue weighted by Crippen LogP contribution is -2.36. The van der Waals surface area contributed by atoms with Gasteiger partial charge in [0.2, 0.25) is 5.91 Å². The second-order valence-electron chi connectivity index (χ2n) is 5.14. The number of benzene rings is 1. The van der Waals surface area contributed by atoms with Crippen molar-refractivity contribution in [3.8, 4) is 0 Å². The number of rotatable bonds is 5. The molecule has 6 heteroatoms. The van der Waals surface area contributed by atoms with Crippen LogP contribution in [-0.2, 0) is 16.1 Å². The van der Waals surface area contributed by atoms with E-state index in [9.17, 15) is 9.59 Å². The van der Waals surface area contributed by atoms with Crippen LogP contribution in [0.1, 0.15) is 12.0 Å². The maximum absolute atomic E-state index is 11.6. The van der Waals surface area contributed by atoms with Gasteiger partial charge in [-0.15, -0.1) is 0 Å². The number of carbonyl (C=O) groups excluding carboxylic acids is 2. The van der Waals surface area contributed by atoms with E-state index >= 15 is 0 Å². The molecule has 1 fully saturated rings. The van der Waals surface area contributed by atoms with Gasteiger partial charge in [0.05, 0.1) is 6.54 Å². The number of alkyl carbamates (subject to hydrolysis) is 1. The van der Waals surface area contributed by atoms with E-state index in [4.69, 9.17) is 10.5 Å². The molecule has 1 aliphatic rings. The predicted molar refractivity (Wildman–Crippen MR) is 78.4 cm³/mol. The molecule has 2 amide bonds. The fraction of sp³-hybridized carbons (Fsp3) is 0.467. The molecule has 0 saturated carbocycles. The van der Waals surface area contributed by atoms with Crippen molar-refractivity contribution in [2.24, 2.45) is 11.7 Å². The van der Waals surface area contributed by atoms with E-state index < -0.39 is 6.09 Å². The van der Waals surface area contributed by atoms with Crippen LogP contribution < -0.4 is 11.1 Å². The highest BCUT2D eigenvalue weighted by atomic mass is 16.5. The van der Waals surface area contributed by atoms with Gasteiger partial charge in [-0.1, -0.05) is 30.3 Å². The van der Waals surface area contributed by atoms with Gasteiger partial charge in [0.1, 0.15) is 6.61 Å². The van der Waals surface area contributed by atoms with E-state index in [1.54, 1.807) is 4.90 Å². The molecule has 3 N–H and O–H groups in total. The number of nitrogens with zero attached hydrogens (tertiary/aromatic N) is 1. The fourth-order valence-electron chi connectivity index (χ4n) is 2.36. The number of nitrogens with one attached hydrogen (secondary N) is 1. The molecule has 6 nitrogen and oxygen atoms in total. The summed E-state index contributed by atoms with van der Waals surface area (Å²) in [5, 5.41) is 2.74. The van der Waals surface area contributed by atoms with E-state index in [-0.39, 0.29) is 25.0 Å². The highest BCUT2D eigenvalue weighted by Gasteiger charge is 2.25. The van der Waals surface area contributed by atoms with Crippen LogP contribution >= 0.6 is 0 Å². The second kappa shape index (κ2) is 7.64. The van der Waals surface area contributed by atoms with Crippen LogP contribution in [0.2, 0.25) is 0 Å². The van der Waals surface area contributed by atoms with Gasteiger partial charge in [0, 0.05) is 19.6 Å². The SMILES string of the molecule is NCC(=O)N1CCC(CNC(=O)OCc2ccccc2)C1. The summed E-state index contributed by atoms with van der Waals surface area (Å²) in [6, 6.07) is 9.52. The monoisotopic (exact) mass is 291 g/mol. The van der Waals surface area contributed by atoms with E-state index in [0.717, 1.165) is 12.0 Å². The lowest BCUT2D eigenvalue weighted by Gasteiger charge is -2.15. The third-order valence-electron chi connectivity index (χ3n) is 3.56. The highest BCUT2D eigenvalue weighted by molar-refractivity contribution is 5.78. The number of likely N-dealkylation sites (tertiary alicyclic amines) is 1. The molecule has 1 saturated heterocycles. The first-order valence-corrected chi connectivity index (χ1v) is 7.11. The normalized spacial score (nSPS) is 17.6. The summed E-state index contributed by atoms with van der Waals surface area (Å²) in [5.41, 5.74) is 6.29. The summed E-state index contributed by atoms with van der Waals surface area (Å²) >= 11 is 0. The summed E-state index contributed by atoms with van der Waals surface area (Å²) in [4.78, 5) is 24.8.